The minimum absolute atomic E-state index is 0.187. The van der Waals surface area contributed by atoms with Gasteiger partial charge < -0.3 is 5.11 Å². The van der Waals surface area contributed by atoms with Crippen LogP contribution < -0.4 is 11.2 Å². The molecule has 0 bridgehead atoms. The largest absolute Gasteiger partial charge is 0.480 e. The summed E-state index contributed by atoms with van der Waals surface area (Å²) in [5, 5.41) is 9.91. The summed E-state index contributed by atoms with van der Waals surface area (Å²) in [6.07, 6.45) is 2.66. The van der Waals surface area contributed by atoms with Crippen LogP contribution in [0.15, 0.2) is 9.59 Å². The second-order valence-corrected chi connectivity index (χ2v) is 9.55. The highest BCUT2D eigenvalue weighted by atomic mass is 32.1. The molecule has 0 aromatic carbocycles. The highest BCUT2D eigenvalue weighted by Gasteiger charge is 2.36. The first-order valence-electron chi connectivity index (χ1n) is 8.48. The van der Waals surface area contributed by atoms with E-state index in [0.717, 1.165) is 34.3 Å². The number of aromatic nitrogens is 2. The molecule has 0 saturated carbocycles. The van der Waals surface area contributed by atoms with Crippen LogP contribution in [-0.2, 0) is 23.2 Å². The maximum atomic E-state index is 13.0. The third-order valence-electron chi connectivity index (χ3n) is 5.41. The van der Waals surface area contributed by atoms with Crippen LogP contribution in [0.2, 0.25) is 0 Å². The lowest BCUT2D eigenvalue weighted by Gasteiger charge is -2.33. The molecule has 3 rings (SSSR count). The van der Waals surface area contributed by atoms with Crippen molar-refractivity contribution < 1.29 is 9.90 Å². The summed E-state index contributed by atoms with van der Waals surface area (Å²) in [6.45, 7) is 9.40. The smallest absolute Gasteiger partial charge is 0.330 e. The molecule has 1 unspecified atom stereocenters. The van der Waals surface area contributed by atoms with Crippen molar-refractivity contribution in [2.24, 2.45) is 11.3 Å². The Morgan fingerprint density at radius 3 is 2.44 bits per heavy atom. The first-order valence-corrected chi connectivity index (χ1v) is 9.29. The summed E-state index contributed by atoms with van der Waals surface area (Å²) < 4.78 is 0.834. The Bertz CT molecular complexity index is 972. The number of aliphatic carboxylic acids is 1. The van der Waals surface area contributed by atoms with Gasteiger partial charge in [0.15, 0.2) is 0 Å². The zero-order chi connectivity index (χ0) is 18.7. The maximum Gasteiger partial charge on any atom is 0.330 e. The highest BCUT2D eigenvalue weighted by Crippen LogP contribution is 2.41. The Labute approximate surface area is 149 Å². The van der Waals surface area contributed by atoms with Gasteiger partial charge in [0, 0.05) is 4.88 Å². The van der Waals surface area contributed by atoms with Gasteiger partial charge in [-0.05, 0) is 50.0 Å². The Kier molecular flexibility index (Phi) is 3.98. The molecule has 1 atom stereocenters. The third-order valence-corrected chi connectivity index (χ3v) is 6.58. The van der Waals surface area contributed by atoms with E-state index >= 15 is 0 Å². The predicted molar refractivity (Wildman–Crippen MR) is 98.6 cm³/mol. The summed E-state index contributed by atoms with van der Waals surface area (Å²) >= 11 is 1.46. The lowest BCUT2D eigenvalue weighted by Crippen LogP contribution is -2.50. The Balaban J connectivity index is 2.24. The van der Waals surface area contributed by atoms with E-state index < -0.39 is 22.8 Å². The molecular weight excluding hydrogens is 340 g/mol. The molecule has 25 heavy (non-hydrogen) atoms. The lowest BCUT2D eigenvalue weighted by molar-refractivity contribution is -0.146. The molecule has 2 N–H and O–H groups in total. The second-order valence-electron chi connectivity index (χ2n) is 8.45. The number of fused-ring (bicyclic) bond motifs is 3. The zero-order valence-corrected chi connectivity index (χ0v) is 16.0. The van der Waals surface area contributed by atoms with Crippen molar-refractivity contribution >= 4 is 27.5 Å². The van der Waals surface area contributed by atoms with E-state index in [1.165, 1.54) is 25.2 Å². The van der Waals surface area contributed by atoms with Crippen molar-refractivity contribution in [3.05, 3.63) is 31.3 Å². The van der Waals surface area contributed by atoms with Crippen LogP contribution in [0.5, 0.6) is 0 Å². The fourth-order valence-corrected chi connectivity index (χ4v) is 4.91. The van der Waals surface area contributed by atoms with Gasteiger partial charge in [0.25, 0.3) is 5.56 Å². The van der Waals surface area contributed by atoms with Crippen molar-refractivity contribution in [3.63, 3.8) is 0 Å². The van der Waals surface area contributed by atoms with Crippen LogP contribution in [0.25, 0.3) is 10.2 Å². The highest BCUT2D eigenvalue weighted by molar-refractivity contribution is 7.18. The van der Waals surface area contributed by atoms with E-state index in [1.807, 2.05) is 0 Å². The number of carboxylic acid groups (broad SMARTS) is 1. The Morgan fingerprint density at radius 2 is 1.88 bits per heavy atom. The molecule has 1 aliphatic rings. The van der Waals surface area contributed by atoms with Crippen LogP contribution in [0.3, 0.4) is 0 Å². The summed E-state index contributed by atoms with van der Waals surface area (Å²) in [5.41, 5.74) is -1.60. The average Bonchev–Trinajstić information content (AvgIpc) is 2.82. The molecule has 7 heteroatoms. The number of aromatic amines is 1. The Hall–Kier alpha value is -1.89. The fourth-order valence-electron chi connectivity index (χ4n) is 3.60. The van der Waals surface area contributed by atoms with Crippen LogP contribution in [0.4, 0.5) is 0 Å². The molecule has 6 nitrogen and oxygen atoms in total. The minimum atomic E-state index is -1.60. The van der Waals surface area contributed by atoms with Crippen molar-refractivity contribution in [1.82, 2.24) is 9.55 Å². The first-order chi connectivity index (χ1) is 11.4. The number of H-pyrrole nitrogens is 1. The number of thiophene rings is 1. The van der Waals surface area contributed by atoms with E-state index in [2.05, 4.69) is 25.8 Å². The summed E-state index contributed by atoms with van der Waals surface area (Å²) in [5.74, 6) is -0.686. The quantitative estimate of drug-likeness (QED) is 0.857. The third kappa shape index (κ3) is 2.74. The number of aryl methyl sites for hydroxylation is 1. The van der Waals surface area contributed by atoms with E-state index in [0.29, 0.717) is 16.1 Å². The molecule has 0 spiro atoms. The number of rotatable bonds is 2. The van der Waals surface area contributed by atoms with Crippen molar-refractivity contribution in [2.75, 3.05) is 0 Å². The normalized spacial score (nSPS) is 18.4. The molecule has 2 aromatic heterocycles. The number of hydrogen-bond donors (Lipinski definition) is 2. The van der Waals surface area contributed by atoms with Crippen LogP contribution in [-0.4, -0.2) is 20.6 Å². The molecule has 0 saturated heterocycles. The molecule has 0 amide bonds. The number of carbonyl (C=O) groups is 1. The average molecular weight is 364 g/mol. The SMILES string of the molecule is CC(C)(C)C1CCc2c(sc3[nH]c(=O)n(C(C)(C)C(=O)O)c(=O)c23)C1. The Morgan fingerprint density at radius 1 is 1.24 bits per heavy atom. The van der Waals surface area contributed by atoms with Gasteiger partial charge in [0.05, 0.1) is 5.39 Å². The summed E-state index contributed by atoms with van der Waals surface area (Å²) in [6, 6.07) is 0. The molecule has 2 aromatic rings. The van der Waals surface area contributed by atoms with Crippen molar-refractivity contribution in [1.29, 1.82) is 0 Å². The maximum absolute atomic E-state index is 13.0. The molecular formula is C18H24N2O4S. The molecule has 1 aliphatic carbocycles. The van der Waals surface area contributed by atoms with Gasteiger partial charge in [0.1, 0.15) is 10.4 Å². The van der Waals surface area contributed by atoms with E-state index in [4.69, 9.17) is 0 Å². The van der Waals surface area contributed by atoms with Gasteiger partial charge in [-0.25, -0.2) is 14.2 Å². The molecule has 0 radical (unpaired) electrons. The summed E-state index contributed by atoms with van der Waals surface area (Å²) in [4.78, 5) is 41.4. The monoisotopic (exact) mass is 364 g/mol. The van der Waals surface area contributed by atoms with Gasteiger partial charge in [0.2, 0.25) is 0 Å². The van der Waals surface area contributed by atoms with Crippen molar-refractivity contribution in [2.45, 2.75) is 59.4 Å². The van der Waals surface area contributed by atoms with Crippen LogP contribution in [0.1, 0.15) is 51.5 Å². The first kappa shape index (κ1) is 17.9. The summed E-state index contributed by atoms with van der Waals surface area (Å²) in [7, 11) is 0. The van der Waals surface area contributed by atoms with Gasteiger partial charge in [-0.3, -0.25) is 9.78 Å². The zero-order valence-electron chi connectivity index (χ0n) is 15.2. The van der Waals surface area contributed by atoms with Crippen LogP contribution in [0, 0.1) is 11.3 Å². The number of nitrogens with one attached hydrogen (secondary N) is 1. The molecule has 136 valence electrons. The van der Waals surface area contributed by atoms with Crippen molar-refractivity contribution in [3.8, 4) is 0 Å². The minimum Gasteiger partial charge on any atom is -0.480 e. The topological polar surface area (TPSA) is 92.2 Å². The van der Waals surface area contributed by atoms with Gasteiger partial charge >= 0.3 is 11.7 Å². The molecule has 0 aliphatic heterocycles. The second kappa shape index (κ2) is 5.56. The van der Waals surface area contributed by atoms with E-state index in [-0.39, 0.29) is 5.41 Å². The van der Waals surface area contributed by atoms with Crippen LogP contribution >= 0.6 is 11.3 Å². The predicted octanol–water partition coefficient (Wildman–Crippen LogP) is 2.72. The standard InChI is InChI=1S/C18H24N2O4S/c1-17(2,3)9-6-7-10-11(8-9)25-13-12(10)14(21)20(16(24)19-13)18(4,5)15(22)23/h9H,6-8H2,1-5H3,(H,19,24)(H,22,23). The van der Waals surface area contributed by atoms with E-state index in [9.17, 15) is 19.5 Å². The molecule has 2 heterocycles. The molecule has 0 fully saturated rings. The van der Waals surface area contributed by atoms with Gasteiger partial charge in [-0.2, -0.15) is 0 Å². The number of nitrogens with zero attached hydrogens (tertiary/aromatic N) is 1. The van der Waals surface area contributed by atoms with E-state index in [1.54, 1.807) is 0 Å². The fraction of sp³-hybridized carbons (Fsp3) is 0.611. The van der Waals surface area contributed by atoms with Gasteiger partial charge in [-0.15, -0.1) is 11.3 Å². The number of carboxylic acids is 1. The number of hydrogen-bond acceptors (Lipinski definition) is 4. The van der Waals surface area contributed by atoms with Gasteiger partial charge in [-0.1, -0.05) is 20.8 Å². The lowest BCUT2D eigenvalue weighted by atomic mass is 9.72.